The van der Waals surface area contributed by atoms with E-state index in [4.69, 9.17) is 14.2 Å². The number of pyridine rings is 1. The summed E-state index contributed by atoms with van der Waals surface area (Å²) in [5.41, 5.74) is 3.45. The lowest BCUT2D eigenvalue weighted by Gasteiger charge is -2.27. The molecule has 1 unspecified atom stereocenters. The number of carbonyl (C=O) groups excluding carboxylic acids is 4. The molecule has 1 saturated heterocycles. The number of anilines is 5. The number of nitrogens with one attached hydrogen (secondary N) is 4. The molecule has 0 saturated carbocycles. The van der Waals surface area contributed by atoms with Crippen molar-refractivity contribution in [1.82, 2.24) is 25.2 Å². The fourth-order valence-electron chi connectivity index (χ4n) is 6.00. The Morgan fingerprint density at radius 3 is 2.45 bits per heavy atom. The zero-order chi connectivity index (χ0) is 36.6. The van der Waals surface area contributed by atoms with Crippen LogP contribution in [0.25, 0.3) is 10.9 Å². The summed E-state index contributed by atoms with van der Waals surface area (Å²) in [6.07, 6.45) is 3.61. The molecule has 5 aromatic rings. The Balaban J connectivity index is 0.777. The maximum absolute atomic E-state index is 13.2. The Morgan fingerprint density at radius 1 is 0.792 bits per heavy atom. The highest BCUT2D eigenvalue weighted by molar-refractivity contribution is 6.25. The quantitative estimate of drug-likeness (QED) is 0.0831. The molecular weight excluding hydrogens is 680 g/mol. The summed E-state index contributed by atoms with van der Waals surface area (Å²) < 4.78 is 17.0. The maximum Gasteiger partial charge on any atom is 0.264 e. The second kappa shape index (κ2) is 16.3. The minimum atomic E-state index is -1.01. The number of imide groups is 2. The Bertz CT molecular complexity index is 2150. The first-order valence-corrected chi connectivity index (χ1v) is 17.1. The van der Waals surface area contributed by atoms with Crippen molar-refractivity contribution in [1.29, 1.82) is 0 Å². The first-order valence-electron chi connectivity index (χ1n) is 17.1. The molecule has 0 bridgehead atoms. The highest BCUT2D eigenvalue weighted by Gasteiger charge is 2.45. The van der Waals surface area contributed by atoms with Crippen LogP contribution in [0, 0.1) is 0 Å². The monoisotopic (exact) mass is 716 g/mol. The molecular formula is C38H36N8O7. The minimum absolute atomic E-state index is 0.0635. The fraction of sp³-hybridized carbons (Fsp3) is 0.237. The number of aromatic nitrogens is 3. The molecule has 0 spiro atoms. The number of carbonyl (C=O) groups is 4. The van der Waals surface area contributed by atoms with Crippen molar-refractivity contribution >= 4 is 63.4 Å². The number of hydrogen-bond acceptors (Lipinski definition) is 13. The Kier molecular flexibility index (Phi) is 10.7. The number of piperidine rings is 1. The molecule has 53 heavy (non-hydrogen) atoms. The molecule has 15 nitrogen and oxygen atoms in total. The third-order valence-electron chi connectivity index (χ3n) is 8.53. The largest absolute Gasteiger partial charge is 0.491 e. The Hall–Kier alpha value is -6.45. The number of benzene rings is 3. The second-order valence-electron chi connectivity index (χ2n) is 12.1. The Morgan fingerprint density at radius 2 is 1.60 bits per heavy atom. The van der Waals surface area contributed by atoms with Gasteiger partial charge in [0.15, 0.2) is 0 Å². The van der Waals surface area contributed by atoms with E-state index in [0.29, 0.717) is 62.8 Å². The van der Waals surface area contributed by atoms with E-state index in [1.165, 1.54) is 0 Å². The summed E-state index contributed by atoms with van der Waals surface area (Å²) >= 11 is 0. The van der Waals surface area contributed by atoms with Gasteiger partial charge in [-0.25, -0.2) is 4.98 Å². The van der Waals surface area contributed by atoms with Gasteiger partial charge in [-0.1, -0.05) is 24.3 Å². The van der Waals surface area contributed by atoms with Gasteiger partial charge in [-0.2, -0.15) is 4.98 Å². The minimum Gasteiger partial charge on any atom is -0.491 e. The molecule has 2 aliphatic heterocycles. The smallest absolute Gasteiger partial charge is 0.264 e. The van der Waals surface area contributed by atoms with Crippen LogP contribution in [0.4, 0.5) is 28.8 Å². The highest BCUT2D eigenvalue weighted by atomic mass is 16.5. The van der Waals surface area contributed by atoms with Gasteiger partial charge in [0.1, 0.15) is 24.2 Å². The van der Waals surface area contributed by atoms with Crippen molar-refractivity contribution in [3.63, 3.8) is 0 Å². The lowest BCUT2D eigenvalue weighted by Crippen LogP contribution is -2.54. The molecule has 4 amide bonds. The van der Waals surface area contributed by atoms with Crippen molar-refractivity contribution < 1.29 is 33.4 Å². The molecule has 1 atom stereocenters. The van der Waals surface area contributed by atoms with Crippen molar-refractivity contribution in [2.45, 2.75) is 18.9 Å². The molecule has 7 rings (SSSR count). The van der Waals surface area contributed by atoms with Gasteiger partial charge in [0.05, 0.1) is 55.0 Å². The average Bonchev–Trinajstić information content (AvgIpc) is 3.42. The third kappa shape index (κ3) is 8.38. The van der Waals surface area contributed by atoms with Gasteiger partial charge < -0.3 is 30.2 Å². The van der Waals surface area contributed by atoms with Crippen molar-refractivity contribution in [3.8, 4) is 5.75 Å². The van der Waals surface area contributed by atoms with E-state index < -0.39 is 29.7 Å². The van der Waals surface area contributed by atoms with Crippen LogP contribution in [-0.2, 0) is 19.1 Å². The topological polar surface area (TPSA) is 186 Å². The van der Waals surface area contributed by atoms with Gasteiger partial charge in [0, 0.05) is 35.9 Å². The number of ether oxygens (including phenoxy) is 3. The van der Waals surface area contributed by atoms with Crippen molar-refractivity contribution in [2.24, 2.45) is 0 Å². The number of fused-ring (bicyclic) bond motifs is 2. The SMILES string of the molecule is O=C1CCC(N2C(=O)c3cccc(NCCOCCOCCOc4ccc(Nc5nccc(Nc6cnc7ccccc7c6)n5)cc4)c3C2=O)C(=O)N1. The lowest BCUT2D eigenvalue weighted by molar-refractivity contribution is -0.136. The summed E-state index contributed by atoms with van der Waals surface area (Å²) in [7, 11) is 0. The van der Waals surface area contributed by atoms with Gasteiger partial charge in [-0.15, -0.1) is 0 Å². The van der Waals surface area contributed by atoms with E-state index in [1.54, 1.807) is 36.7 Å². The van der Waals surface area contributed by atoms with Gasteiger partial charge >= 0.3 is 0 Å². The van der Waals surface area contributed by atoms with E-state index >= 15 is 0 Å². The predicted octanol–water partition coefficient (Wildman–Crippen LogP) is 4.44. The van der Waals surface area contributed by atoms with Crippen molar-refractivity contribution in [3.05, 3.63) is 102 Å². The Labute approximate surface area is 304 Å². The van der Waals surface area contributed by atoms with E-state index in [1.807, 2.05) is 54.6 Å². The molecule has 4 heterocycles. The van der Waals surface area contributed by atoms with Crippen LogP contribution >= 0.6 is 0 Å². The van der Waals surface area contributed by atoms with Gasteiger partial charge in [-0.05, 0) is 61.0 Å². The highest BCUT2D eigenvalue weighted by Crippen LogP contribution is 2.32. The van der Waals surface area contributed by atoms with Crippen LogP contribution in [0.2, 0.25) is 0 Å². The zero-order valence-electron chi connectivity index (χ0n) is 28.5. The van der Waals surface area contributed by atoms with Gasteiger partial charge in [0.25, 0.3) is 11.8 Å². The molecule has 0 aliphatic carbocycles. The van der Waals surface area contributed by atoms with Crippen LogP contribution < -0.4 is 26.0 Å². The second-order valence-corrected chi connectivity index (χ2v) is 12.1. The molecule has 15 heteroatoms. The van der Waals surface area contributed by atoms with Crippen molar-refractivity contribution in [2.75, 3.05) is 55.5 Å². The molecule has 1 fully saturated rings. The number of rotatable bonds is 16. The molecule has 3 aromatic carbocycles. The standard InChI is InChI=1S/C38H36N8O7/c47-33-13-12-31(35(48)45-33)46-36(49)28-5-3-7-30(34(28)37(46)50)39-16-17-51-18-19-52-20-21-53-27-10-8-25(9-11-27)43-38-40-15-14-32(44-38)42-26-22-24-4-1-2-6-29(24)41-23-26/h1-11,14-15,22-23,31,39H,12-13,16-21H2,(H,45,47,48)(H2,40,42,43,44). The summed E-state index contributed by atoms with van der Waals surface area (Å²) in [6.45, 7) is 2.16. The number of para-hydroxylation sites is 1. The van der Waals surface area contributed by atoms with Gasteiger partial charge in [0.2, 0.25) is 17.8 Å². The normalized spacial score (nSPS) is 15.3. The molecule has 270 valence electrons. The number of hydrogen-bond donors (Lipinski definition) is 4. The van der Waals surface area contributed by atoms with Crippen LogP contribution in [0.5, 0.6) is 5.75 Å². The first-order chi connectivity index (χ1) is 25.9. The summed E-state index contributed by atoms with van der Waals surface area (Å²) in [5, 5.41) is 12.9. The molecule has 0 radical (unpaired) electrons. The van der Waals surface area contributed by atoms with Gasteiger partial charge in [-0.3, -0.25) is 34.4 Å². The molecule has 2 aliphatic rings. The van der Waals surface area contributed by atoms with Crippen LogP contribution in [0.1, 0.15) is 33.6 Å². The van der Waals surface area contributed by atoms with E-state index in [-0.39, 0.29) is 24.0 Å². The number of amides is 4. The third-order valence-corrected chi connectivity index (χ3v) is 8.53. The van der Waals surface area contributed by atoms with Crippen LogP contribution in [0.15, 0.2) is 91.3 Å². The summed E-state index contributed by atoms with van der Waals surface area (Å²) in [5.74, 6) is -0.409. The van der Waals surface area contributed by atoms with E-state index in [2.05, 4.69) is 36.2 Å². The predicted molar refractivity (Wildman–Crippen MR) is 196 cm³/mol. The molecule has 2 aromatic heterocycles. The summed E-state index contributed by atoms with van der Waals surface area (Å²) in [4.78, 5) is 64.4. The van der Waals surface area contributed by atoms with E-state index in [9.17, 15) is 19.2 Å². The van der Waals surface area contributed by atoms with E-state index in [0.717, 1.165) is 27.2 Å². The van der Waals surface area contributed by atoms with Crippen LogP contribution in [0.3, 0.4) is 0 Å². The zero-order valence-corrected chi connectivity index (χ0v) is 28.5. The first kappa shape index (κ1) is 35.0. The number of nitrogens with zero attached hydrogens (tertiary/aromatic N) is 4. The van der Waals surface area contributed by atoms with Crippen LogP contribution in [-0.4, -0.2) is 89.1 Å². The average molecular weight is 717 g/mol. The maximum atomic E-state index is 13.2. The fourth-order valence-corrected chi connectivity index (χ4v) is 6.00. The summed E-state index contributed by atoms with van der Waals surface area (Å²) in [6, 6.07) is 23.1. The lowest BCUT2D eigenvalue weighted by atomic mass is 10.0. The molecule has 4 N–H and O–H groups in total.